The number of aromatic nitrogens is 2. The molecule has 1 saturated heterocycles. The van der Waals surface area contributed by atoms with E-state index in [0.717, 1.165) is 67.3 Å². The summed E-state index contributed by atoms with van der Waals surface area (Å²) < 4.78 is 2.09. The van der Waals surface area contributed by atoms with E-state index in [9.17, 15) is 5.11 Å². The first-order chi connectivity index (χ1) is 18.5. The van der Waals surface area contributed by atoms with E-state index in [1.54, 1.807) is 0 Å². The van der Waals surface area contributed by atoms with Gasteiger partial charge in [0.15, 0.2) is 0 Å². The lowest BCUT2D eigenvalue weighted by atomic mass is 9.96. The highest BCUT2D eigenvalue weighted by atomic mass is 35.5. The van der Waals surface area contributed by atoms with Crippen LogP contribution in [0.2, 0.25) is 5.02 Å². The summed E-state index contributed by atoms with van der Waals surface area (Å²) in [6.07, 6.45) is 5.28. The van der Waals surface area contributed by atoms with E-state index >= 15 is 0 Å². The Morgan fingerprint density at radius 1 is 1.03 bits per heavy atom. The number of nitrogens with zero attached hydrogens (tertiary/aromatic N) is 5. The molecule has 1 unspecified atom stereocenters. The van der Waals surface area contributed by atoms with Gasteiger partial charge in [-0.3, -0.25) is 4.68 Å². The second-order valence-electron chi connectivity index (χ2n) is 11.5. The monoisotopic (exact) mass is 533 g/mol. The minimum atomic E-state index is -0.439. The minimum absolute atomic E-state index is 0.439. The number of rotatable bonds is 6. The molecule has 0 bridgehead atoms. The van der Waals surface area contributed by atoms with E-state index < -0.39 is 6.10 Å². The lowest BCUT2D eigenvalue weighted by molar-refractivity contribution is 0.0810. The summed E-state index contributed by atoms with van der Waals surface area (Å²) in [6, 6.07) is 15.7. The number of aliphatic hydroxyl groups is 1. The van der Waals surface area contributed by atoms with Crippen molar-refractivity contribution in [1.29, 1.82) is 0 Å². The summed E-state index contributed by atoms with van der Waals surface area (Å²) in [5.74, 6) is 0. The van der Waals surface area contributed by atoms with Gasteiger partial charge in [-0.05, 0) is 69.0 Å². The van der Waals surface area contributed by atoms with Crippen LogP contribution in [0.25, 0.3) is 11.3 Å². The van der Waals surface area contributed by atoms with Crippen LogP contribution in [0.5, 0.6) is 0 Å². The Morgan fingerprint density at radius 2 is 1.84 bits per heavy atom. The highest BCUT2D eigenvalue weighted by Gasteiger charge is 2.29. The van der Waals surface area contributed by atoms with Gasteiger partial charge >= 0.3 is 0 Å². The second-order valence-corrected chi connectivity index (χ2v) is 11.9. The van der Waals surface area contributed by atoms with E-state index in [1.807, 2.05) is 13.0 Å². The van der Waals surface area contributed by atoms with Gasteiger partial charge in [-0.1, -0.05) is 35.9 Å². The summed E-state index contributed by atoms with van der Waals surface area (Å²) in [5, 5.41) is 17.0. The zero-order valence-corrected chi connectivity index (χ0v) is 23.5. The normalized spacial score (nSPS) is 19.8. The average molecular weight is 534 g/mol. The van der Waals surface area contributed by atoms with Gasteiger partial charge in [-0.15, -0.1) is 0 Å². The van der Waals surface area contributed by atoms with Crippen molar-refractivity contribution in [2.45, 2.75) is 64.3 Å². The minimum Gasteiger partial charge on any atom is -0.390 e. The third kappa shape index (κ3) is 5.24. The fourth-order valence-electron chi connectivity index (χ4n) is 6.71. The molecule has 0 radical (unpaired) electrons. The van der Waals surface area contributed by atoms with Crippen molar-refractivity contribution >= 4 is 17.3 Å². The molecule has 3 aromatic rings. The SMILES string of the molecule is Cc1cc(-c2nn(CC(O)CN3CCC(N4CCCc5ccccc54)CC3)c3c2CN(C)CC3)ccc1Cl. The van der Waals surface area contributed by atoms with E-state index in [0.29, 0.717) is 19.1 Å². The van der Waals surface area contributed by atoms with Crippen LogP contribution < -0.4 is 4.90 Å². The molecule has 3 aliphatic heterocycles. The molecule has 0 aliphatic carbocycles. The lowest BCUT2D eigenvalue weighted by Gasteiger charge is -2.42. The van der Waals surface area contributed by atoms with Gasteiger partial charge in [0.2, 0.25) is 0 Å². The van der Waals surface area contributed by atoms with Crippen molar-refractivity contribution in [1.82, 2.24) is 19.6 Å². The van der Waals surface area contributed by atoms with Crippen molar-refractivity contribution < 1.29 is 5.11 Å². The highest BCUT2D eigenvalue weighted by Crippen LogP contribution is 2.33. The van der Waals surface area contributed by atoms with Crippen LogP contribution in [0.4, 0.5) is 5.69 Å². The first-order valence-electron chi connectivity index (χ1n) is 14.2. The number of hydrogen-bond acceptors (Lipinski definition) is 5. The molecule has 0 spiro atoms. The molecule has 3 aliphatic rings. The number of likely N-dealkylation sites (tertiary alicyclic amines) is 1. The summed E-state index contributed by atoms with van der Waals surface area (Å²) in [7, 11) is 2.16. The molecule has 202 valence electrons. The van der Waals surface area contributed by atoms with Crippen LogP contribution in [-0.4, -0.2) is 76.6 Å². The Bertz CT molecular complexity index is 1280. The Balaban J connectivity index is 1.11. The van der Waals surface area contributed by atoms with Crippen LogP contribution in [0.15, 0.2) is 42.5 Å². The first-order valence-corrected chi connectivity index (χ1v) is 14.6. The number of piperidine rings is 1. The fraction of sp³-hybridized carbons (Fsp3) is 0.516. The molecule has 38 heavy (non-hydrogen) atoms. The summed E-state index contributed by atoms with van der Waals surface area (Å²) in [4.78, 5) is 7.45. The average Bonchev–Trinajstić information content (AvgIpc) is 3.27. The topological polar surface area (TPSA) is 47.8 Å². The van der Waals surface area contributed by atoms with Gasteiger partial charge in [0.25, 0.3) is 0 Å². The number of anilines is 1. The molecule has 0 amide bonds. The van der Waals surface area contributed by atoms with Crippen LogP contribution in [0.3, 0.4) is 0 Å². The summed E-state index contributed by atoms with van der Waals surface area (Å²) in [5.41, 5.74) is 8.70. The van der Waals surface area contributed by atoms with Gasteiger partial charge in [0.1, 0.15) is 0 Å². The molecule has 1 aromatic heterocycles. The van der Waals surface area contributed by atoms with E-state index in [-0.39, 0.29) is 0 Å². The molecule has 1 atom stereocenters. The molecule has 1 fully saturated rings. The van der Waals surface area contributed by atoms with Crippen molar-refractivity contribution in [3.05, 3.63) is 69.9 Å². The Morgan fingerprint density at radius 3 is 2.66 bits per heavy atom. The van der Waals surface area contributed by atoms with Gasteiger partial charge in [0.05, 0.1) is 18.3 Å². The molecular formula is C31H40ClN5O. The van der Waals surface area contributed by atoms with Crippen LogP contribution in [-0.2, 0) is 25.9 Å². The second kappa shape index (κ2) is 11.0. The third-order valence-corrected chi connectivity index (χ3v) is 9.18. The largest absolute Gasteiger partial charge is 0.390 e. The predicted octanol–water partition coefficient (Wildman–Crippen LogP) is 4.78. The van der Waals surface area contributed by atoms with Crippen LogP contribution in [0, 0.1) is 6.92 Å². The lowest BCUT2D eigenvalue weighted by Crippen LogP contribution is -2.48. The Hall–Kier alpha value is -2.38. The number of likely N-dealkylation sites (N-methyl/N-ethyl adjacent to an activating group) is 1. The smallest absolute Gasteiger partial charge is 0.0971 e. The predicted molar refractivity (Wildman–Crippen MR) is 155 cm³/mol. The van der Waals surface area contributed by atoms with Crippen LogP contribution in [0.1, 0.15) is 41.6 Å². The molecule has 1 N–H and O–H groups in total. The van der Waals surface area contributed by atoms with Crippen molar-refractivity contribution in [2.75, 3.05) is 44.7 Å². The van der Waals surface area contributed by atoms with Crippen LogP contribution >= 0.6 is 11.6 Å². The van der Waals surface area contributed by atoms with Gasteiger partial charge in [-0.2, -0.15) is 5.10 Å². The van der Waals surface area contributed by atoms with Gasteiger partial charge in [-0.25, -0.2) is 0 Å². The zero-order chi connectivity index (χ0) is 26.2. The van der Waals surface area contributed by atoms with Gasteiger partial charge in [0, 0.05) is 79.3 Å². The summed E-state index contributed by atoms with van der Waals surface area (Å²) in [6.45, 7) is 8.43. The van der Waals surface area contributed by atoms with E-state index in [1.165, 1.54) is 41.9 Å². The van der Waals surface area contributed by atoms with Crippen molar-refractivity contribution in [2.24, 2.45) is 0 Å². The number of β-amino-alcohol motifs (C(OH)–C–C–N with tert-alkyl or cyclic N) is 1. The molecular weight excluding hydrogens is 494 g/mol. The Kier molecular flexibility index (Phi) is 7.50. The quantitative estimate of drug-likeness (QED) is 0.494. The Labute approximate surface area is 231 Å². The molecule has 4 heterocycles. The molecule has 2 aromatic carbocycles. The number of benzene rings is 2. The van der Waals surface area contributed by atoms with Crippen molar-refractivity contribution in [3.8, 4) is 11.3 Å². The number of aliphatic hydroxyl groups excluding tert-OH is 1. The number of hydrogen-bond donors (Lipinski definition) is 1. The van der Waals surface area contributed by atoms with Crippen molar-refractivity contribution in [3.63, 3.8) is 0 Å². The number of aryl methyl sites for hydroxylation is 2. The number of fused-ring (bicyclic) bond motifs is 2. The van der Waals surface area contributed by atoms with Gasteiger partial charge < -0.3 is 19.8 Å². The highest BCUT2D eigenvalue weighted by molar-refractivity contribution is 6.31. The number of halogens is 1. The number of para-hydroxylation sites is 1. The fourth-order valence-corrected chi connectivity index (χ4v) is 6.83. The third-order valence-electron chi connectivity index (χ3n) is 8.75. The molecule has 6 rings (SSSR count). The van der Waals surface area contributed by atoms with E-state index in [4.69, 9.17) is 16.7 Å². The zero-order valence-electron chi connectivity index (χ0n) is 22.7. The maximum Gasteiger partial charge on any atom is 0.0971 e. The molecule has 0 saturated carbocycles. The molecule has 6 nitrogen and oxygen atoms in total. The van der Waals surface area contributed by atoms with E-state index in [2.05, 4.69) is 62.8 Å². The standard InChI is InChI=1S/C31H40ClN5O/c1-22-18-24(9-10-28(22)32)31-27-21-34(2)15-13-30(27)37(33-31)20-26(38)19-35-16-11-25(12-17-35)36-14-5-7-23-6-3-4-8-29(23)36/h3-4,6,8-10,18,25-26,38H,5,7,11-17,19-21H2,1-2H3. The maximum atomic E-state index is 11.2. The maximum absolute atomic E-state index is 11.2. The summed E-state index contributed by atoms with van der Waals surface area (Å²) >= 11 is 6.30. The first kappa shape index (κ1) is 25.9. The molecule has 7 heteroatoms.